The molecule has 4 heteroatoms. The summed E-state index contributed by atoms with van der Waals surface area (Å²) in [6.07, 6.45) is 1.37. The lowest BCUT2D eigenvalue weighted by atomic mass is 10.8. The van der Waals surface area contributed by atoms with Gasteiger partial charge in [0.25, 0.3) is 0 Å². The zero-order valence-corrected chi connectivity index (χ0v) is 4.98. The van der Waals surface area contributed by atoms with E-state index in [1.165, 1.54) is 6.08 Å². The van der Waals surface area contributed by atoms with E-state index in [2.05, 4.69) is 4.99 Å². The molecular weight excluding hydrogens is 126 g/mol. The molecule has 0 aliphatic rings. The predicted molar refractivity (Wildman–Crippen MR) is 32.2 cm³/mol. The van der Waals surface area contributed by atoms with Gasteiger partial charge in [-0.25, -0.2) is 9.79 Å². The number of hydrogen-bond donors (Lipinski definition) is 0. The Balaban J connectivity index is 2.93. The van der Waals surface area contributed by atoms with Crippen molar-refractivity contribution in [3.8, 4) is 0 Å². The number of carbonyl (C=O) groups excluding carboxylic acids is 2. The van der Waals surface area contributed by atoms with Crippen LogP contribution in [-0.4, -0.2) is 24.0 Å². The molecule has 0 atom stereocenters. The van der Waals surface area contributed by atoms with Gasteiger partial charge < -0.3 is 0 Å². The van der Waals surface area contributed by atoms with Gasteiger partial charge in [-0.15, -0.1) is 0 Å². The first kappa shape index (κ1) is 7.40. The van der Waals surface area contributed by atoms with Crippen LogP contribution in [-0.2, 0) is 9.59 Å². The molecule has 44 valence electrons. The fourth-order valence-electron chi connectivity index (χ4n) is 0.192. The third kappa shape index (κ3) is 5.40. The summed E-state index contributed by atoms with van der Waals surface area (Å²) in [5, 5.41) is 0. The first-order valence-electron chi connectivity index (χ1n) is 2.00. The van der Waals surface area contributed by atoms with E-state index in [9.17, 15) is 9.59 Å². The maximum Gasteiger partial charge on any atom is 0.234 e. The second-order valence-electron chi connectivity index (χ2n) is 0.940. The number of carbonyl (C=O) groups is 1. The minimum Gasteiger partial charge on any atom is -0.291 e. The van der Waals surface area contributed by atoms with E-state index >= 15 is 0 Å². The number of hydrogen-bond acceptors (Lipinski definition) is 4. The average Bonchev–Trinajstić information content (AvgIpc) is 1.81. The smallest absolute Gasteiger partial charge is 0.234 e. The van der Waals surface area contributed by atoms with Crippen LogP contribution in [0.5, 0.6) is 0 Å². The summed E-state index contributed by atoms with van der Waals surface area (Å²) in [4.78, 5) is 22.2. The summed E-state index contributed by atoms with van der Waals surface area (Å²) in [6.45, 7) is 0.382. The first-order valence-corrected chi connectivity index (χ1v) is 3.05. The molecule has 0 rings (SSSR count). The van der Waals surface area contributed by atoms with Gasteiger partial charge in [0, 0.05) is 5.75 Å². The van der Waals surface area contributed by atoms with Crippen molar-refractivity contribution in [2.45, 2.75) is 0 Å². The summed E-state index contributed by atoms with van der Waals surface area (Å²) >= 11 is 1.09. The van der Waals surface area contributed by atoms with E-state index in [1.54, 1.807) is 0 Å². The monoisotopic (exact) mass is 131 g/mol. The van der Waals surface area contributed by atoms with Crippen molar-refractivity contribution in [2.75, 3.05) is 12.3 Å². The molecule has 0 radical (unpaired) electrons. The fourth-order valence-corrected chi connectivity index (χ4v) is 0.485. The van der Waals surface area contributed by atoms with Gasteiger partial charge in [-0.2, -0.15) is 0 Å². The molecule has 0 bridgehead atoms. The van der Waals surface area contributed by atoms with Crippen molar-refractivity contribution >= 4 is 23.5 Å². The van der Waals surface area contributed by atoms with Gasteiger partial charge >= 0.3 is 0 Å². The number of nitrogens with zero attached hydrogens (tertiary/aromatic N) is 1. The molecule has 8 heavy (non-hydrogen) atoms. The highest BCUT2D eigenvalue weighted by atomic mass is 32.2. The molecule has 0 aromatic heterocycles. The Kier molecular flexibility index (Phi) is 5.92. The summed E-state index contributed by atoms with van der Waals surface area (Å²) in [7, 11) is 0. The molecular formula is C4H5NO2S. The van der Waals surface area contributed by atoms with E-state index in [4.69, 9.17) is 0 Å². The number of rotatable bonds is 4. The largest absolute Gasteiger partial charge is 0.291 e. The van der Waals surface area contributed by atoms with Crippen LogP contribution in [0.25, 0.3) is 0 Å². The van der Waals surface area contributed by atoms with Crippen LogP contribution in [0, 0.1) is 0 Å². The Hall–Kier alpha value is -0.600. The first-order chi connectivity index (χ1) is 3.91. The molecule has 0 aliphatic carbocycles. The van der Waals surface area contributed by atoms with Crippen LogP contribution < -0.4 is 0 Å². The van der Waals surface area contributed by atoms with Crippen LogP contribution in [0.1, 0.15) is 0 Å². The Bertz CT molecular complexity index is 109. The molecule has 0 saturated heterocycles. The van der Waals surface area contributed by atoms with Gasteiger partial charge in [-0.05, 0) is 0 Å². The maximum absolute atomic E-state index is 9.59. The number of isocyanates is 1. The molecule has 0 saturated carbocycles. The molecule has 0 spiro atoms. The lowest BCUT2D eigenvalue weighted by molar-refractivity contribution is 0.563. The third-order valence-corrected chi connectivity index (χ3v) is 1.01. The Morgan fingerprint density at radius 3 is 3.00 bits per heavy atom. The van der Waals surface area contributed by atoms with Gasteiger partial charge in [0.1, 0.15) is 0 Å². The lowest BCUT2D eigenvalue weighted by Gasteiger charge is -1.80. The number of aliphatic imine (C=N–C) groups is 1. The molecule has 0 amide bonds. The van der Waals surface area contributed by atoms with Crippen molar-refractivity contribution in [2.24, 2.45) is 4.99 Å². The second-order valence-corrected chi connectivity index (χ2v) is 1.87. The summed E-state index contributed by atoms with van der Waals surface area (Å²) in [5.74, 6) is 0.568. The van der Waals surface area contributed by atoms with E-state index in [0.29, 0.717) is 12.3 Å². The molecule has 0 unspecified atom stereocenters. The zero-order chi connectivity index (χ0) is 6.24. The zero-order valence-electron chi connectivity index (χ0n) is 4.16. The van der Waals surface area contributed by atoms with Crippen LogP contribution in [0.3, 0.4) is 0 Å². The topological polar surface area (TPSA) is 46.5 Å². The molecule has 0 aromatic carbocycles. The van der Waals surface area contributed by atoms with Crippen LogP contribution in [0.4, 0.5) is 0 Å². The second kappa shape index (κ2) is 6.40. The Labute approximate surface area is 51.2 Å². The van der Waals surface area contributed by atoms with Crippen molar-refractivity contribution in [3.63, 3.8) is 0 Å². The van der Waals surface area contributed by atoms with Crippen molar-refractivity contribution in [1.29, 1.82) is 0 Å². The molecule has 3 nitrogen and oxygen atoms in total. The van der Waals surface area contributed by atoms with Crippen molar-refractivity contribution in [3.05, 3.63) is 0 Å². The molecule has 0 aromatic rings. The van der Waals surface area contributed by atoms with Crippen LogP contribution >= 0.6 is 11.8 Å². The quantitative estimate of drug-likeness (QED) is 0.238. The highest BCUT2D eigenvalue weighted by Gasteiger charge is 1.79. The lowest BCUT2D eigenvalue weighted by Crippen LogP contribution is -1.82. The minimum atomic E-state index is 0.382. The van der Waals surface area contributed by atoms with Gasteiger partial charge in [-0.3, -0.25) is 4.79 Å². The van der Waals surface area contributed by atoms with Crippen molar-refractivity contribution in [1.82, 2.24) is 0 Å². The molecule has 0 N–H and O–H groups in total. The van der Waals surface area contributed by atoms with Crippen molar-refractivity contribution < 1.29 is 9.59 Å². The van der Waals surface area contributed by atoms with E-state index in [-0.39, 0.29) is 0 Å². The normalized spacial score (nSPS) is 7.50. The minimum absolute atomic E-state index is 0.382. The molecule has 0 heterocycles. The SMILES string of the molecule is O=C=NCCSC=O. The van der Waals surface area contributed by atoms with Gasteiger partial charge in [-0.1, -0.05) is 11.8 Å². The molecule has 0 aliphatic heterocycles. The van der Waals surface area contributed by atoms with E-state index < -0.39 is 0 Å². The van der Waals surface area contributed by atoms with Gasteiger partial charge in [0.15, 0.2) is 5.62 Å². The Morgan fingerprint density at radius 1 is 1.75 bits per heavy atom. The third-order valence-electron chi connectivity index (χ3n) is 0.454. The summed E-state index contributed by atoms with van der Waals surface area (Å²) in [5.41, 5.74) is 0.723. The highest BCUT2D eigenvalue weighted by Crippen LogP contribution is 1.89. The molecule has 0 fully saturated rings. The van der Waals surface area contributed by atoms with Crippen LogP contribution in [0.2, 0.25) is 0 Å². The van der Waals surface area contributed by atoms with E-state index in [1.807, 2.05) is 0 Å². The van der Waals surface area contributed by atoms with Gasteiger partial charge in [0.05, 0.1) is 6.54 Å². The predicted octanol–water partition coefficient (Wildman–Crippen LogP) is 0.246. The van der Waals surface area contributed by atoms with E-state index in [0.717, 1.165) is 17.4 Å². The van der Waals surface area contributed by atoms with Crippen LogP contribution in [0.15, 0.2) is 4.99 Å². The summed E-state index contributed by atoms with van der Waals surface area (Å²) in [6, 6.07) is 0. The maximum atomic E-state index is 9.59. The standard InChI is InChI=1S/C4H5NO2S/c6-3-5-1-2-8-4-7/h4H,1-2H2. The Morgan fingerprint density at radius 2 is 2.50 bits per heavy atom. The average molecular weight is 131 g/mol. The number of thioether (sulfide) groups is 1. The summed E-state index contributed by atoms with van der Waals surface area (Å²) < 4.78 is 0. The van der Waals surface area contributed by atoms with Gasteiger partial charge in [0.2, 0.25) is 6.08 Å². The highest BCUT2D eigenvalue weighted by molar-refractivity contribution is 8.11. The fraction of sp³-hybridized carbons (Fsp3) is 0.500.